The van der Waals surface area contributed by atoms with Crippen molar-refractivity contribution in [2.75, 3.05) is 17.2 Å². The van der Waals surface area contributed by atoms with Crippen molar-refractivity contribution in [1.82, 2.24) is 0 Å². The van der Waals surface area contributed by atoms with Crippen LogP contribution in [0.1, 0.15) is 0 Å². The maximum Gasteiger partial charge on any atom is 1.00 e. The second kappa shape index (κ2) is 16.1. The zero-order chi connectivity index (χ0) is 35.8. The molecular formula is C32H23N9Na2O7S2. The van der Waals surface area contributed by atoms with Gasteiger partial charge < -0.3 is 31.4 Å². The third-order valence-corrected chi connectivity index (χ3v) is 8.99. The Morgan fingerprint density at radius 3 is 1.75 bits per heavy atom. The van der Waals surface area contributed by atoms with Gasteiger partial charge in [-0.1, -0.05) is 12.1 Å². The molecule has 20 heteroatoms. The molecule has 7 N–H and O–H groups in total. The van der Waals surface area contributed by atoms with Crippen LogP contribution in [0.5, 0.6) is 5.75 Å². The molecule has 0 saturated carbocycles. The molecule has 16 nitrogen and oxygen atoms in total. The first-order chi connectivity index (χ1) is 23.7. The Hall–Kier alpha value is -4.34. The first kappa shape index (κ1) is 40.4. The van der Waals surface area contributed by atoms with Gasteiger partial charge >= 0.3 is 59.1 Å². The number of nitrogens with two attached hydrogens (primary N) is 3. The van der Waals surface area contributed by atoms with E-state index >= 15 is 0 Å². The van der Waals surface area contributed by atoms with Crippen LogP contribution in [0.15, 0.2) is 138 Å². The van der Waals surface area contributed by atoms with Gasteiger partial charge in [-0.25, -0.2) is 16.8 Å². The van der Waals surface area contributed by atoms with Crippen molar-refractivity contribution in [2.24, 2.45) is 30.7 Å². The van der Waals surface area contributed by atoms with Crippen molar-refractivity contribution >= 4 is 93.0 Å². The number of nitrogens with zero attached hydrogens (tertiary/aromatic N) is 6. The molecule has 0 aromatic heterocycles. The monoisotopic (exact) mass is 755 g/mol. The summed E-state index contributed by atoms with van der Waals surface area (Å²) >= 11 is 0. The molecule has 0 saturated heterocycles. The smallest absolute Gasteiger partial charge is 0.744 e. The Morgan fingerprint density at radius 1 is 0.519 bits per heavy atom. The standard InChI is InChI=1S/C32H25N9O7S2.2Na/c33-18-2-11-29(27(35)14-18)40-38-21-3-1-17-13-30(50(46,47)48)31(32(42)24(17)15-21)41-37-20-6-4-19(5-7-20)36-39-28-12-10-26(34)25-16-22(49(43,44)45)8-9-23(25)28;;/h1-16,42H,33-35H2,(H,43,44,45)(H,46,47,48);;/q;2*+1/p-2. The molecular weight excluding hydrogens is 733 g/mol. The van der Waals surface area contributed by atoms with Crippen molar-refractivity contribution in [1.29, 1.82) is 0 Å². The van der Waals surface area contributed by atoms with E-state index in [1.807, 2.05) is 0 Å². The molecule has 0 fully saturated rings. The largest absolute Gasteiger partial charge is 1.00 e. The molecule has 252 valence electrons. The molecule has 0 aliphatic rings. The predicted octanol–water partition coefficient (Wildman–Crippen LogP) is 1.51. The van der Waals surface area contributed by atoms with Gasteiger partial charge in [0.15, 0.2) is 5.75 Å². The number of aromatic hydroxyl groups is 1. The average molecular weight is 756 g/mol. The van der Waals surface area contributed by atoms with E-state index in [4.69, 9.17) is 17.2 Å². The van der Waals surface area contributed by atoms with Crippen LogP contribution in [0.2, 0.25) is 0 Å². The Balaban J connectivity index is 0.00000302. The average Bonchev–Trinajstić information content (AvgIpc) is 3.07. The molecule has 0 atom stereocenters. The minimum absolute atomic E-state index is 0. The number of azo groups is 3. The van der Waals surface area contributed by atoms with Crippen LogP contribution in [0.3, 0.4) is 0 Å². The molecule has 6 aromatic rings. The third kappa shape index (κ3) is 8.99. The van der Waals surface area contributed by atoms with Crippen LogP contribution >= 0.6 is 0 Å². The van der Waals surface area contributed by atoms with E-state index in [2.05, 4.69) is 30.7 Å². The van der Waals surface area contributed by atoms with Gasteiger partial charge in [-0.05, 0) is 90.3 Å². The Morgan fingerprint density at radius 2 is 1.12 bits per heavy atom. The molecule has 6 aromatic carbocycles. The molecule has 0 amide bonds. The van der Waals surface area contributed by atoms with E-state index in [0.29, 0.717) is 39.2 Å². The molecule has 0 spiro atoms. The van der Waals surface area contributed by atoms with Crippen LogP contribution in [0.25, 0.3) is 21.5 Å². The van der Waals surface area contributed by atoms with Crippen molar-refractivity contribution < 1.29 is 90.2 Å². The van der Waals surface area contributed by atoms with E-state index in [9.17, 15) is 31.0 Å². The number of phenolic OH excluding ortho intramolecular Hbond substituents is 1. The van der Waals surface area contributed by atoms with Gasteiger partial charge in [-0.3, -0.25) is 0 Å². The van der Waals surface area contributed by atoms with Crippen LogP contribution < -0.4 is 76.3 Å². The van der Waals surface area contributed by atoms with Crippen LogP contribution in [0.4, 0.5) is 51.2 Å². The maximum atomic E-state index is 12.1. The number of fused-ring (bicyclic) bond motifs is 2. The number of phenols is 1. The Bertz CT molecular complexity index is 2660. The van der Waals surface area contributed by atoms with Gasteiger partial charge in [0.1, 0.15) is 31.6 Å². The van der Waals surface area contributed by atoms with E-state index in [1.165, 1.54) is 66.7 Å². The van der Waals surface area contributed by atoms with Gasteiger partial charge in [-0.2, -0.15) is 15.3 Å². The zero-order valence-corrected chi connectivity index (χ0v) is 33.0. The molecule has 52 heavy (non-hydrogen) atoms. The number of nitrogen functional groups attached to an aromatic ring is 3. The van der Waals surface area contributed by atoms with Crippen LogP contribution in [0, 0.1) is 0 Å². The molecule has 0 radical (unpaired) electrons. The van der Waals surface area contributed by atoms with E-state index in [0.717, 1.165) is 12.1 Å². The summed E-state index contributed by atoms with van der Waals surface area (Å²) in [7, 11) is -9.79. The fourth-order valence-corrected chi connectivity index (χ4v) is 5.98. The molecule has 0 unspecified atom stereocenters. The molecule has 0 bridgehead atoms. The number of hydrogen-bond donors (Lipinski definition) is 4. The normalized spacial score (nSPS) is 12.1. The quantitative estimate of drug-likeness (QED) is 0.0751. The number of anilines is 3. The molecule has 0 aliphatic carbocycles. The SMILES string of the molecule is Nc1ccc(N=Nc2ccc3cc(S(=O)(=O)[O-])c(N=Nc4ccc(N=Nc5ccc(N)c6cc(S(=O)(=O)[O-])ccc56)cc4)c(O)c3c2)c(N)c1.[Na+].[Na+]. The summed E-state index contributed by atoms with van der Waals surface area (Å²) in [4.78, 5) is -1.21. The van der Waals surface area contributed by atoms with Crippen LogP contribution in [-0.4, -0.2) is 31.0 Å². The van der Waals surface area contributed by atoms with Crippen molar-refractivity contribution in [3.05, 3.63) is 97.1 Å². The second-order valence-corrected chi connectivity index (χ2v) is 13.4. The minimum Gasteiger partial charge on any atom is -0.744 e. The van der Waals surface area contributed by atoms with Crippen molar-refractivity contribution in [3.8, 4) is 5.75 Å². The van der Waals surface area contributed by atoms with Gasteiger partial charge in [0, 0.05) is 27.5 Å². The number of benzene rings is 6. The van der Waals surface area contributed by atoms with Crippen LogP contribution in [-0.2, 0) is 20.2 Å². The fourth-order valence-electron chi connectivity index (χ4n) is 4.84. The van der Waals surface area contributed by atoms with Gasteiger partial charge in [0.2, 0.25) is 0 Å². The predicted molar refractivity (Wildman–Crippen MR) is 184 cm³/mol. The zero-order valence-electron chi connectivity index (χ0n) is 27.4. The van der Waals surface area contributed by atoms with E-state index < -0.39 is 41.5 Å². The Kier molecular flexibility index (Phi) is 12.5. The minimum atomic E-state index is -5.10. The fraction of sp³-hybridized carbons (Fsp3) is 0. The summed E-state index contributed by atoms with van der Waals surface area (Å²) < 4.78 is 70.8. The molecule has 0 aliphatic heterocycles. The van der Waals surface area contributed by atoms with Gasteiger partial charge in [0.05, 0.1) is 38.2 Å². The van der Waals surface area contributed by atoms with E-state index in [-0.39, 0.29) is 86.9 Å². The summed E-state index contributed by atoms with van der Waals surface area (Å²) in [6.45, 7) is 0. The summed E-state index contributed by atoms with van der Waals surface area (Å²) in [5.74, 6) is -0.620. The summed E-state index contributed by atoms with van der Waals surface area (Å²) in [5.41, 5.74) is 19.6. The van der Waals surface area contributed by atoms with Crippen molar-refractivity contribution in [2.45, 2.75) is 9.79 Å². The van der Waals surface area contributed by atoms with Gasteiger partial charge in [0.25, 0.3) is 0 Å². The van der Waals surface area contributed by atoms with Crippen molar-refractivity contribution in [3.63, 3.8) is 0 Å². The number of rotatable bonds is 8. The summed E-state index contributed by atoms with van der Waals surface area (Å²) in [6.07, 6.45) is 0. The summed E-state index contributed by atoms with van der Waals surface area (Å²) in [5, 5.41) is 36.7. The number of hydrogen-bond acceptors (Lipinski definition) is 16. The maximum absolute atomic E-state index is 12.1. The van der Waals surface area contributed by atoms with E-state index in [1.54, 1.807) is 18.2 Å². The first-order valence-electron chi connectivity index (χ1n) is 14.2. The third-order valence-electron chi connectivity index (χ3n) is 7.31. The molecule has 6 rings (SSSR count). The first-order valence-corrected chi connectivity index (χ1v) is 17.0. The summed E-state index contributed by atoms with van der Waals surface area (Å²) in [6, 6.07) is 23.0. The second-order valence-electron chi connectivity index (χ2n) is 10.7. The Labute approximate surface area is 340 Å². The molecule has 0 heterocycles. The van der Waals surface area contributed by atoms with Gasteiger partial charge in [-0.15, -0.1) is 15.3 Å². The topological polar surface area (TPSA) is 287 Å².